The van der Waals surface area contributed by atoms with Gasteiger partial charge in [0.1, 0.15) is 0 Å². The predicted molar refractivity (Wildman–Crippen MR) is 127 cm³/mol. The molecule has 1 saturated carbocycles. The molecule has 0 spiro atoms. The first-order chi connectivity index (χ1) is 15.0. The molecular weight excluding hydrogens is 432 g/mol. The third kappa shape index (κ3) is 5.39. The molecule has 7 nitrogen and oxygen atoms in total. The van der Waals surface area contributed by atoms with Crippen molar-refractivity contribution >= 4 is 23.5 Å². The van der Waals surface area contributed by atoms with Crippen molar-refractivity contribution in [1.82, 2.24) is 9.47 Å². The van der Waals surface area contributed by atoms with E-state index in [0.717, 1.165) is 62.7 Å². The number of benzene rings is 1. The van der Waals surface area contributed by atoms with Crippen LogP contribution in [0.5, 0.6) is 0 Å². The third-order valence-electron chi connectivity index (χ3n) is 7.23. The Balaban J connectivity index is 0.00000289. The maximum atomic E-state index is 12.6. The van der Waals surface area contributed by atoms with Crippen molar-refractivity contribution in [3.05, 3.63) is 34.3 Å². The number of likely N-dealkylation sites (tertiary alicyclic amines) is 1. The van der Waals surface area contributed by atoms with Gasteiger partial charge in [0.25, 0.3) is 0 Å². The van der Waals surface area contributed by atoms with Crippen LogP contribution in [-0.4, -0.2) is 61.6 Å². The van der Waals surface area contributed by atoms with Crippen LogP contribution in [0.15, 0.2) is 27.4 Å². The molecule has 2 aliphatic rings. The summed E-state index contributed by atoms with van der Waals surface area (Å²) in [6, 6.07) is 6.05. The number of hydrogen-bond donors (Lipinski definition) is 0. The minimum atomic E-state index is -0.247. The minimum absolute atomic E-state index is 0. The van der Waals surface area contributed by atoms with Gasteiger partial charge in [0.05, 0.1) is 31.4 Å². The Morgan fingerprint density at radius 2 is 1.78 bits per heavy atom. The molecule has 2 heterocycles. The highest BCUT2D eigenvalue weighted by Gasteiger charge is 2.38. The van der Waals surface area contributed by atoms with Gasteiger partial charge in [-0.05, 0) is 63.1 Å². The lowest BCUT2D eigenvalue weighted by molar-refractivity contribution is -0.0419. The van der Waals surface area contributed by atoms with Crippen molar-refractivity contribution in [2.75, 3.05) is 40.5 Å². The van der Waals surface area contributed by atoms with Crippen LogP contribution in [0, 0.1) is 0 Å². The molecule has 2 aromatic rings. The van der Waals surface area contributed by atoms with Gasteiger partial charge in [-0.1, -0.05) is 6.07 Å². The number of rotatable bonds is 8. The highest BCUT2D eigenvalue weighted by atomic mass is 35.5. The van der Waals surface area contributed by atoms with Crippen LogP contribution < -0.4 is 5.76 Å². The van der Waals surface area contributed by atoms with E-state index in [9.17, 15) is 4.79 Å². The lowest BCUT2D eigenvalue weighted by atomic mass is 9.79. The maximum absolute atomic E-state index is 12.6. The Morgan fingerprint density at radius 3 is 2.44 bits per heavy atom. The average molecular weight is 469 g/mol. The second kappa shape index (κ2) is 11.2. The van der Waals surface area contributed by atoms with Crippen molar-refractivity contribution in [3.63, 3.8) is 0 Å². The Bertz CT molecular complexity index is 911. The zero-order chi connectivity index (χ0) is 21.8. The summed E-state index contributed by atoms with van der Waals surface area (Å²) in [5.41, 5.74) is 2.82. The van der Waals surface area contributed by atoms with E-state index in [1.165, 1.54) is 0 Å². The molecule has 0 radical (unpaired) electrons. The summed E-state index contributed by atoms with van der Waals surface area (Å²) in [7, 11) is 3.39. The zero-order valence-electron chi connectivity index (χ0n) is 19.5. The van der Waals surface area contributed by atoms with Crippen LogP contribution in [0.4, 0.5) is 0 Å². The van der Waals surface area contributed by atoms with Crippen molar-refractivity contribution in [3.8, 4) is 0 Å². The molecule has 0 unspecified atom stereocenters. The largest absolute Gasteiger partial charge is 0.420 e. The standard InChI is InChI=1S/C24H36N2O5.ClH/c1-24(10-6-20(7-11-24)30-15-14-28-2)25-12-8-19(9-13-25)26-21-16-18(17-29-3)4-5-22(21)31-23(26)27;/h4-5,16,19-20H,6-15,17H2,1-3H3;1H/t20-,24-;. The third-order valence-corrected chi connectivity index (χ3v) is 7.23. The molecular formula is C24H37ClN2O5. The molecule has 0 N–H and O–H groups in total. The molecule has 180 valence electrons. The molecule has 4 rings (SSSR count). The molecule has 1 aliphatic carbocycles. The van der Waals surface area contributed by atoms with E-state index in [2.05, 4.69) is 11.8 Å². The summed E-state index contributed by atoms with van der Waals surface area (Å²) in [6.45, 7) is 6.29. The summed E-state index contributed by atoms with van der Waals surface area (Å²) < 4.78 is 23.7. The van der Waals surface area contributed by atoms with E-state index >= 15 is 0 Å². The topological polar surface area (TPSA) is 66.1 Å². The van der Waals surface area contributed by atoms with Crippen LogP contribution in [0.2, 0.25) is 0 Å². The SMILES string of the molecule is COCCO[C@H]1CC[C@](C)(N2CCC(n3c(=O)oc4ccc(COC)cc43)CC2)CC1.Cl. The summed E-state index contributed by atoms with van der Waals surface area (Å²) in [5.74, 6) is -0.247. The summed E-state index contributed by atoms with van der Waals surface area (Å²) in [6.07, 6.45) is 6.81. The molecule has 8 heteroatoms. The van der Waals surface area contributed by atoms with Gasteiger partial charge in [-0.15, -0.1) is 12.4 Å². The van der Waals surface area contributed by atoms with Crippen molar-refractivity contribution < 1.29 is 18.6 Å². The van der Waals surface area contributed by atoms with E-state index in [-0.39, 0.29) is 29.7 Å². The number of methoxy groups -OCH3 is 2. The number of piperidine rings is 1. The van der Waals surface area contributed by atoms with Gasteiger partial charge in [0, 0.05) is 38.9 Å². The van der Waals surface area contributed by atoms with Gasteiger partial charge >= 0.3 is 5.76 Å². The fourth-order valence-electron chi connectivity index (χ4n) is 5.34. The minimum Gasteiger partial charge on any atom is -0.408 e. The highest BCUT2D eigenvalue weighted by molar-refractivity contribution is 5.85. The number of oxazole rings is 1. The molecule has 1 aliphatic heterocycles. The molecule has 0 amide bonds. The van der Waals surface area contributed by atoms with E-state index in [1.54, 1.807) is 14.2 Å². The van der Waals surface area contributed by atoms with Gasteiger partial charge in [-0.2, -0.15) is 0 Å². The fraction of sp³-hybridized carbons (Fsp3) is 0.708. The van der Waals surface area contributed by atoms with Crippen LogP contribution in [0.25, 0.3) is 11.1 Å². The molecule has 0 bridgehead atoms. The number of fused-ring (bicyclic) bond motifs is 1. The van der Waals surface area contributed by atoms with Crippen LogP contribution in [0.1, 0.15) is 57.1 Å². The lowest BCUT2D eigenvalue weighted by Gasteiger charge is -2.48. The Morgan fingerprint density at radius 1 is 1.06 bits per heavy atom. The lowest BCUT2D eigenvalue weighted by Crippen LogP contribution is -2.53. The first-order valence-electron chi connectivity index (χ1n) is 11.5. The van der Waals surface area contributed by atoms with Crippen molar-refractivity contribution in [2.45, 2.75) is 69.7 Å². The molecule has 1 aromatic carbocycles. The first-order valence-corrected chi connectivity index (χ1v) is 11.5. The predicted octanol–water partition coefficient (Wildman–Crippen LogP) is 4.16. The average Bonchev–Trinajstić information content (AvgIpc) is 3.11. The van der Waals surface area contributed by atoms with Gasteiger partial charge in [0.15, 0.2) is 5.58 Å². The summed E-state index contributed by atoms with van der Waals surface area (Å²) >= 11 is 0. The Kier molecular flexibility index (Phi) is 8.81. The van der Waals surface area contributed by atoms with Crippen molar-refractivity contribution in [1.29, 1.82) is 0 Å². The van der Waals surface area contributed by atoms with Gasteiger partial charge in [0.2, 0.25) is 0 Å². The fourth-order valence-corrected chi connectivity index (χ4v) is 5.34. The Labute approximate surface area is 196 Å². The summed E-state index contributed by atoms with van der Waals surface area (Å²) in [5, 5.41) is 0. The molecule has 2 fully saturated rings. The second-order valence-corrected chi connectivity index (χ2v) is 9.25. The zero-order valence-corrected chi connectivity index (χ0v) is 20.3. The van der Waals surface area contributed by atoms with Gasteiger partial charge in [-0.25, -0.2) is 4.79 Å². The maximum Gasteiger partial charge on any atom is 0.420 e. The van der Waals surface area contributed by atoms with Crippen molar-refractivity contribution in [2.24, 2.45) is 0 Å². The van der Waals surface area contributed by atoms with E-state index < -0.39 is 0 Å². The van der Waals surface area contributed by atoms with E-state index in [1.807, 2.05) is 22.8 Å². The molecule has 1 aromatic heterocycles. The van der Waals surface area contributed by atoms with Crippen LogP contribution in [0.3, 0.4) is 0 Å². The first kappa shape index (κ1) is 25.2. The van der Waals surface area contributed by atoms with Gasteiger partial charge in [-0.3, -0.25) is 9.47 Å². The van der Waals surface area contributed by atoms with Crippen LogP contribution in [-0.2, 0) is 20.8 Å². The van der Waals surface area contributed by atoms with E-state index in [4.69, 9.17) is 18.6 Å². The highest BCUT2D eigenvalue weighted by Crippen LogP contribution is 2.38. The number of nitrogens with zero attached hydrogens (tertiary/aromatic N) is 2. The van der Waals surface area contributed by atoms with Gasteiger partial charge < -0.3 is 18.6 Å². The van der Waals surface area contributed by atoms with Crippen LogP contribution >= 0.6 is 12.4 Å². The summed E-state index contributed by atoms with van der Waals surface area (Å²) in [4.78, 5) is 15.3. The Hall–Kier alpha value is -1.38. The molecule has 32 heavy (non-hydrogen) atoms. The molecule has 1 saturated heterocycles. The number of hydrogen-bond acceptors (Lipinski definition) is 6. The number of ether oxygens (including phenoxy) is 3. The van der Waals surface area contributed by atoms with E-state index in [0.29, 0.717) is 31.5 Å². The number of halogens is 1. The normalized spacial score (nSPS) is 25.2. The quantitative estimate of drug-likeness (QED) is 0.542. The molecule has 0 atom stereocenters. The number of aromatic nitrogens is 1. The smallest absolute Gasteiger partial charge is 0.408 e. The second-order valence-electron chi connectivity index (χ2n) is 9.25. The monoisotopic (exact) mass is 468 g/mol.